The van der Waals surface area contributed by atoms with Gasteiger partial charge in [-0.05, 0) is 62.8 Å². The Balaban J connectivity index is 5.20. The molecule has 0 spiro atoms. The van der Waals surface area contributed by atoms with Crippen molar-refractivity contribution in [2.45, 2.75) is 228 Å². The molecular weight excluding hydrogens is 506 g/mol. The minimum Gasteiger partial charge on any atom is -0.306 e. The fourth-order valence-corrected chi connectivity index (χ4v) is 7.65. The number of unbranched alkanes of at least 4 members (excludes halogenated alkanes) is 16. The fraction of sp³-hybridized carbons (Fsp3) is 1.00. The third-order valence-electron chi connectivity index (χ3n) is 10.8. The molecule has 0 aromatic carbocycles. The minimum absolute atomic E-state index is 0.637. The van der Waals surface area contributed by atoms with Gasteiger partial charge in [-0.2, -0.15) is 0 Å². The van der Waals surface area contributed by atoms with Crippen LogP contribution in [0.25, 0.3) is 0 Å². The second-order valence-corrected chi connectivity index (χ2v) is 14.9. The summed E-state index contributed by atoms with van der Waals surface area (Å²) in [5, 5.41) is 0. The molecule has 1 nitrogen and oxygen atoms in total. The van der Waals surface area contributed by atoms with E-state index in [4.69, 9.17) is 0 Å². The van der Waals surface area contributed by atoms with Gasteiger partial charge in [-0.3, -0.25) is 0 Å². The van der Waals surface area contributed by atoms with Gasteiger partial charge in [0.05, 0.1) is 0 Å². The summed E-state index contributed by atoms with van der Waals surface area (Å²) >= 11 is 0. The summed E-state index contributed by atoms with van der Waals surface area (Å²) in [6, 6.07) is 0. The largest absolute Gasteiger partial charge is 0.306 e. The zero-order chi connectivity index (χ0) is 31.2. The predicted molar refractivity (Wildman–Crippen MR) is 195 cm³/mol. The lowest BCUT2D eigenvalue weighted by Gasteiger charge is -2.36. The van der Waals surface area contributed by atoms with Crippen LogP contribution in [0.5, 0.6) is 0 Å². The maximum atomic E-state index is 2.70. The normalized spacial score (nSPS) is 13.7. The molecule has 0 bridgehead atoms. The average molecular weight is 592 g/mol. The van der Waals surface area contributed by atoms with E-state index >= 15 is 0 Å². The predicted octanol–water partition coefficient (Wildman–Crippen LogP) is 14.6. The first-order chi connectivity index (χ1) is 20.5. The van der Waals surface area contributed by atoms with E-state index in [1.165, 1.54) is 199 Å². The molecule has 0 aromatic rings. The van der Waals surface area contributed by atoms with E-state index < -0.39 is 0 Å². The molecule has 0 aliphatic rings. The molecule has 254 valence electrons. The molecule has 0 aliphatic heterocycles. The zero-order valence-electron chi connectivity index (χ0n) is 31.0. The van der Waals surface area contributed by atoms with Crippen molar-refractivity contribution in [3.8, 4) is 0 Å². The van der Waals surface area contributed by atoms with Gasteiger partial charge in [-0.25, -0.2) is 0 Å². The molecule has 42 heavy (non-hydrogen) atoms. The topological polar surface area (TPSA) is 3.24 Å². The summed E-state index contributed by atoms with van der Waals surface area (Å²) in [6.07, 6.45) is 42.0. The Hall–Kier alpha value is -0.0400. The lowest BCUT2D eigenvalue weighted by molar-refractivity contribution is 0.162. The summed E-state index contributed by atoms with van der Waals surface area (Å²) in [5.74, 6) is 1.78. The molecule has 2 atom stereocenters. The number of nitrogens with zero attached hydrogens (tertiary/aromatic N) is 1. The van der Waals surface area contributed by atoms with Crippen molar-refractivity contribution in [1.82, 2.24) is 4.90 Å². The summed E-state index contributed by atoms with van der Waals surface area (Å²) in [7, 11) is 2.41. The molecule has 0 N–H and O–H groups in total. The number of rotatable bonds is 34. The molecule has 1 heteroatoms. The molecular formula is C41H85N. The molecule has 0 aliphatic carbocycles. The highest BCUT2D eigenvalue weighted by molar-refractivity contribution is 4.81. The van der Waals surface area contributed by atoms with Crippen LogP contribution in [0, 0.1) is 17.3 Å². The van der Waals surface area contributed by atoms with E-state index in [0.717, 1.165) is 11.8 Å². The standard InChI is InChI=1S/C41H85N/c1-8-14-18-21-24-27-33-41(34-28-25-22-19-15-9-2,35-29-26-23-20-16-10-3)36-30-32-40(13-6)38-42(7)37-39(12-5)31-17-11-4/h39-40H,8-38H2,1-7H3. The van der Waals surface area contributed by atoms with E-state index in [-0.39, 0.29) is 0 Å². The van der Waals surface area contributed by atoms with Crippen molar-refractivity contribution in [2.24, 2.45) is 17.3 Å². The van der Waals surface area contributed by atoms with Crippen LogP contribution < -0.4 is 0 Å². The lowest BCUT2D eigenvalue weighted by Crippen LogP contribution is -2.30. The van der Waals surface area contributed by atoms with Crippen LogP contribution >= 0.6 is 0 Å². The van der Waals surface area contributed by atoms with Gasteiger partial charge in [-0.15, -0.1) is 0 Å². The Labute approximate surface area is 269 Å². The van der Waals surface area contributed by atoms with Crippen LogP contribution in [0.3, 0.4) is 0 Å². The van der Waals surface area contributed by atoms with Gasteiger partial charge < -0.3 is 4.90 Å². The van der Waals surface area contributed by atoms with E-state index in [9.17, 15) is 0 Å². The fourth-order valence-electron chi connectivity index (χ4n) is 7.65. The Bertz CT molecular complexity index is 472. The van der Waals surface area contributed by atoms with Gasteiger partial charge in [-0.1, -0.05) is 189 Å². The van der Waals surface area contributed by atoms with Gasteiger partial charge in [0.1, 0.15) is 0 Å². The van der Waals surface area contributed by atoms with Gasteiger partial charge in [0.15, 0.2) is 0 Å². The first-order valence-electron chi connectivity index (χ1n) is 20.2. The molecule has 0 heterocycles. The van der Waals surface area contributed by atoms with Crippen molar-refractivity contribution in [3.05, 3.63) is 0 Å². The monoisotopic (exact) mass is 592 g/mol. The van der Waals surface area contributed by atoms with Crippen LogP contribution in [0.1, 0.15) is 228 Å². The highest BCUT2D eigenvalue weighted by atomic mass is 15.1. The molecule has 0 rings (SSSR count). The van der Waals surface area contributed by atoms with Gasteiger partial charge >= 0.3 is 0 Å². The maximum Gasteiger partial charge on any atom is 0.000662 e. The van der Waals surface area contributed by atoms with E-state index in [0.29, 0.717) is 5.41 Å². The minimum atomic E-state index is 0.637. The first kappa shape index (κ1) is 42.0. The summed E-state index contributed by atoms with van der Waals surface area (Å²) in [4.78, 5) is 2.70. The molecule has 0 fully saturated rings. The summed E-state index contributed by atoms with van der Waals surface area (Å²) < 4.78 is 0. The maximum absolute atomic E-state index is 2.70. The van der Waals surface area contributed by atoms with Crippen molar-refractivity contribution in [1.29, 1.82) is 0 Å². The molecule has 2 unspecified atom stereocenters. The van der Waals surface area contributed by atoms with E-state index in [2.05, 4.69) is 53.5 Å². The van der Waals surface area contributed by atoms with Gasteiger partial charge in [0.2, 0.25) is 0 Å². The molecule has 0 aromatic heterocycles. The third-order valence-corrected chi connectivity index (χ3v) is 10.8. The smallest absolute Gasteiger partial charge is 0.000662 e. The first-order valence-corrected chi connectivity index (χ1v) is 20.2. The van der Waals surface area contributed by atoms with Crippen LogP contribution in [0.4, 0.5) is 0 Å². The summed E-state index contributed by atoms with van der Waals surface area (Å²) in [6.45, 7) is 16.9. The number of hydrogen-bond donors (Lipinski definition) is 0. The molecule has 0 saturated carbocycles. The Kier molecular flexibility index (Phi) is 30.9. The third kappa shape index (κ3) is 24.3. The van der Waals surface area contributed by atoms with Crippen molar-refractivity contribution < 1.29 is 0 Å². The quantitative estimate of drug-likeness (QED) is 0.0673. The zero-order valence-corrected chi connectivity index (χ0v) is 31.0. The highest BCUT2D eigenvalue weighted by Gasteiger charge is 2.29. The van der Waals surface area contributed by atoms with Crippen LogP contribution in [0.2, 0.25) is 0 Å². The highest BCUT2D eigenvalue weighted by Crippen LogP contribution is 2.42. The van der Waals surface area contributed by atoms with Crippen LogP contribution in [-0.4, -0.2) is 25.0 Å². The molecule has 0 amide bonds. The van der Waals surface area contributed by atoms with Crippen molar-refractivity contribution >= 4 is 0 Å². The molecule has 0 radical (unpaired) electrons. The Morgan fingerprint density at radius 1 is 0.381 bits per heavy atom. The Morgan fingerprint density at radius 2 is 0.690 bits per heavy atom. The van der Waals surface area contributed by atoms with E-state index in [1.807, 2.05) is 0 Å². The lowest BCUT2D eigenvalue weighted by atomic mass is 9.70. The van der Waals surface area contributed by atoms with Crippen LogP contribution in [-0.2, 0) is 0 Å². The van der Waals surface area contributed by atoms with Crippen LogP contribution in [0.15, 0.2) is 0 Å². The Morgan fingerprint density at radius 3 is 1.05 bits per heavy atom. The second-order valence-electron chi connectivity index (χ2n) is 14.9. The molecule has 0 saturated heterocycles. The van der Waals surface area contributed by atoms with Gasteiger partial charge in [0.25, 0.3) is 0 Å². The average Bonchev–Trinajstić information content (AvgIpc) is 2.99. The van der Waals surface area contributed by atoms with Crippen molar-refractivity contribution in [2.75, 3.05) is 20.1 Å². The van der Waals surface area contributed by atoms with Crippen molar-refractivity contribution in [3.63, 3.8) is 0 Å². The SMILES string of the molecule is CCCCCCCCC(CCCCCCCC)(CCCCCCCC)CCCC(CC)CN(C)CC(CC)CCCC. The summed E-state index contributed by atoms with van der Waals surface area (Å²) in [5.41, 5.74) is 0.637. The van der Waals surface area contributed by atoms with E-state index in [1.54, 1.807) is 0 Å². The second kappa shape index (κ2) is 31.0. The van der Waals surface area contributed by atoms with Gasteiger partial charge in [0, 0.05) is 13.1 Å². The number of hydrogen-bond acceptors (Lipinski definition) is 1.